The molecule has 0 aliphatic heterocycles. The number of hydrogen-bond donors (Lipinski definition) is 2. The molecule has 4 heteroatoms. The molecule has 0 saturated heterocycles. The monoisotopic (exact) mass is 130 g/mol. The summed E-state index contributed by atoms with van der Waals surface area (Å²) in [6.07, 6.45) is 0. The first kappa shape index (κ1) is 5.37. The van der Waals surface area contributed by atoms with Crippen molar-refractivity contribution >= 4 is 16.5 Å². The molecule has 0 aromatic carbocycles. The fraction of sp³-hybridized carbons (Fsp3) is 0.250. The van der Waals surface area contributed by atoms with Gasteiger partial charge in [-0.2, -0.15) is 4.98 Å². The molecule has 1 aromatic heterocycles. The molecule has 3 nitrogen and oxygen atoms in total. The van der Waals surface area contributed by atoms with E-state index in [-0.39, 0.29) is 5.88 Å². The summed E-state index contributed by atoms with van der Waals surface area (Å²) < 4.78 is 0. The number of aromatic hydroxyl groups is 1. The van der Waals surface area contributed by atoms with Gasteiger partial charge in [-0.25, -0.2) is 0 Å². The highest BCUT2D eigenvalue weighted by atomic mass is 32.1. The van der Waals surface area contributed by atoms with Crippen LogP contribution in [0.25, 0.3) is 0 Å². The average molecular weight is 130 g/mol. The number of nitrogen functional groups attached to an aromatic ring is 1. The Morgan fingerprint density at radius 3 is 2.50 bits per heavy atom. The normalized spacial score (nSPS) is 9.62. The summed E-state index contributed by atoms with van der Waals surface area (Å²) in [5, 5.41) is 9.18. The molecule has 8 heavy (non-hydrogen) atoms. The Labute approximate surface area is 50.8 Å². The van der Waals surface area contributed by atoms with Gasteiger partial charge in [-0.1, -0.05) is 11.3 Å². The number of thiazole rings is 1. The Kier molecular flexibility index (Phi) is 1.09. The van der Waals surface area contributed by atoms with E-state index in [1.165, 1.54) is 11.3 Å². The summed E-state index contributed by atoms with van der Waals surface area (Å²) in [7, 11) is 0. The van der Waals surface area contributed by atoms with Crippen molar-refractivity contribution in [2.45, 2.75) is 6.92 Å². The van der Waals surface area contributed by atoms with Gasteiger partial charge in [-0.05, 0) is 6.92 Å². The predicted octanol–water partition coefficient (Wildman–Crippen LogP) is 0.739. The molecule has 1 rings (SSSR count). The highest BCUT2D eigenvalue weighted by Crippen LogP contribution is 2.23. The maximum atomic E-state index is 8.76. The number of nitrogens with zero attached hydrogens (tertiary/aromatic N) is 1. The number of rotatable bonds is 0. The quantitative estimate of drug-likeness (QED) is 0.544. The van der Waals surface area contributed by atoms with E-state index in [4.69, 9.17) is 10.8 Å². The molecule has 0 radical (unpaired) electrons. The van der Waals surface area contributed by atoms with Gasteiger partial charge in [0, 0.05) is 0 Å². The van der Waals surface area contributed by atoms with E-state index in [9.17, 15) is 0 Å². The molecule has 0 bridgehead atoms. The van der Waals surface area contributed by atoms with Crippen molar-refractivity contribution < 1.29 is 5.11 Å². The van der Waals surface area contributed by atoms with Crippen LogP contribution >= 0.6 is 11.3 Å². The topological polar surface area (TPSA) is 59.1 Å². The van der Waals surface area contributed by atoms with Crippen LogP contribution in [0, 0.1) is 6.92 Å². The fourth-order valence-corrected chi connectivity index (χ4v) is 0.991. The second-order valence-electron chi connectivity index (χ2n) is 1.43. The molecule has 44 valence electrons. The molecule has 0 unspecified atom stereocenters. The lowest BCUT2D eigenvalue weighted by atomic mass is 10.6. The maximum absolute atomic E-state index is 8.76. The third-order valence-electron chi connectivity index (χ3n) is 0.789. The van der Waals surface area contributed by atoms with Gasteiger partial charge in [-0.15, -0.1) is 0 Å². The standard InChI is InChI=1S/C4H6N2OS/c1-2-3(7)6-4(5)8-2/h7H,1H3,(H2,5,6). The SMILES string of the molecule is Cc1sc(N)nc1O. The van der Waals surface area contributed by atoms with E-state index in [2.05, 4.69) is 4.98 Å². The zero-order chi connectivity index (χ0) is 6.15. The van der Waals surface area contributed by atoms with Gasteiger partial charge in [0.05, 0.1) is 4.88 Å². The van der Waals surface area contributed by atoms with E-state index in [0.717, 1.165) is 4.88 Å². The van der Waals surface area contributed by atoms with E-state index in [1.54, 1.807) is 6.92 Å². The Morgan fingerprint density at radius 2 is 2.38 bits per heavy atom. The molecule has 0 aliphatic carbocycles. The van der Waals surface area contributed by atoms with Gasteiger partial charge >= 0.3 is 0 Å². The first-order chi connectivity index (χ1) is 3.70. The van der Waals surface area contributed by atoms with Crippen molar-refractivity contribution in [2.75, 3.05) is 5.73 Å². The molecule has 1 heterocycles. The summed E-state index contributed by atoms with van der Waals surface area (Å²) in [6, 6.07) is 0. The Bertz CT molecular complexity index is 176. The Balaban J connectivity index is 3.14. The first-order valence-corrected chi connectivity index (χ1v) is 2.93. The van der Waals surface area contributed by atoms with Gasteiger partial charge in [-0.3, -0.25) is 0 Å². The summed E-state index contributed by atoms with van der Waals surface area (Å²) >= 11 is 1.29. The van der Waals surface area contributed by atoms with E-state index in [1.807, 2.05) is 0 Å². The average Bonchev–Trinajstić information content (AvgIpc) is 1.85. The minimum absolute atomic E-state index is 0.0486. The lowest BCUT2D eigenvalue weighted by molar-refractivity contribution is 0.454. The van der Waals surface area contributed by atoms with Crippen LogP contribution in [0.4, 0.5) is 5.13 Å². The summed E-state index contributed by atoms with van der Waals surface area (Å²) in [4.78, 5) is 4.33. The molecule has 3 N–H and O–H groups in total. The van der Waals surface area contributed by atoms with Crippen molar-refractivity contribution in [1.82, 2.24) is 4.98 Å². The van der Waals surface area contributed by atoms with Crippen molar-refractivity contribution in [3.05, 3.63) is 4.88 Å². The van der Waals surface area contributed by atoms with Gasteiger partial charge in [0.1, 0.15) is 0 Å². The Hall–Kier alpha value is -0.770. The summed E-state index contributed by atoms with van der Waals surface area (Å²) in [5.74, 6) is 0.0486. The number of aromatic nitrogens is 1. The Morgan fingerprint density at radius 1 is 1.75 bits per heavy atom. The molecule has 0 amide bonds. The van der Waals surface area contributed by atoms with Crippen LogP contribution in [0.1, 0.15) is 4.88 Å². The smallest absolute Gasteiger partial charge is 0.226 e. The van der Waals surface area contributed by atoms with E-state index in [0.29, 0.717) is 5.13 Å². The lowest BCUT2D eigenvalue weighted by Gasteiger charge is -1.76. The van der Waals surface area contributed by atoms with E-state index < -0.39 is 0 Å². The number of aryl methyl sites for hydroxylation is 1. The zero-order valence-electron chi connectivity index (χ0n) is 4.38. The van der Waals surface area contributed by atoms with Crippen LogP contribution in [0.2, 0.25) is 0 Å². The molecule has 0 spiro atoms. The number of hydrogen-bond acceptors (Lipinski definition) is 4. The maximum Gasteiger partial charge on any atom is 0.226 e. The van der Waals surface area contributed by atoms with Crippen molar-refractivity contribution in [3.63, 3.8) is 0 Å². The van der Waals surface area contributed by atoms with Gasteiger partial charge in [0.2, 0.25) is 5.88 Å². The van der Waals surface area contributed by atoms with Crippen molar-refractivity contribution in [1.29, 1.82) is 0 Å². The van der Waals surface area contributed by atoms with Crippen LogP contribution in [0.5, 0.6) is 5.88 Å². The van der Waals surface area contributed by atoms with Gasteiger partial charge in [0.15, 0.2) is 5.13 Å². The molecular weight excluding hydrogens is 124 g/mol. The summed E-state index contributed by atoms with van der Waals surface area (Å²) in [6.45, 7) is 1.77. The van der Waals surface area contributed by atoms with Crippen LogP contribution in [0.3, 0.4) is 0 Å². The lowest BCUT2D eigenvalue weighted by Crippen LogP contribution is -1.78. The zero-order valence-corrected chi connectivity index (χ0v) is 5.20. The minimum Gasteiger partial charge on any atom is -0.492 e. The molecule has 0 saturated carbocycles. The molecular formula is C4H6N2OS. The number of nitrogens with two attached hydrogens (primary N) is 1. The third kappa shape index (κ3) is 0.742. The molecule has 0 atom stereocenters. The van der Waals surface area contributed by atoms with E-state index >= 15 is 0 Å². The fourth-order valence-electron chi connectivity index (χ4n) is 0.408. The van der Waals surface area contributed by atoms with Gasteiger partial charge in [0.25, 0.3) is 0 Å². The molecule has 1 aromatic rings. The highest BCUT2D eigenvalue weighted by Gasteiger charge is 1.99. The van der Waals surface area contributed by atoms with Gasteiger partial charge < -0.3 is 10.8 Å². The molecule has 0 fully saturated rings. The number of anilines is 1. The molecule has 0 aliphatic rings. The second-order valence-corrected chi connectivity index (χ2v) is 2.67. The predicted molar refractivity (Wildman–Crippen MR) is 32.9 cm³/mol. The van der Waals surface area contributed by atoms with Crippen molar-refractivity contribution in [3.8, 4) is 5.88 Å². The first-order valence-electron chi connectivity index (χ1n) is 2.12. The van der Waals surface area contributed by atoms with Crippen molar-refractivity contribution in [2.24, 2.45) is 0 Å². The van der Waals surface area contributed by atoms with Crippen LogP contribution in [-0.2, 0) is 0 Å². The third-order valence-corrected chi connectivity index (χ3v) is 1.58. The largest absolute Gasteiger partial charge is 0.492 e. The second kappa shape index (κ2) is 1.63. The minimum atomic E-state index is 0.0486. The summed E-state index contributed by atoms with van der Waals surface area (Å²) in [5.41, 5.74) is 5.23. The highest BCUT2D eigenvalue weighted by molar-refractivity contribution is 7.15. The van der Waals surface area contributed by atoms with Crippen LogP contribution < -0.4 is 5.73 Å². The van der Waals surface area contributed by atoms with Crippen LogP contribution in [-0.4, -0.2) is 10.1 Å². The van der Waals surface area contributed by atoms with Crippen LogP contribution in [0.15, 0.2) is 0 Å².